The fraction of sp³-hybridized carbons (Fsp3) is 0.500. The van der Waals surface area contributed by atoms with Crippen LogP contribution in [0.1, 0.15) is 29.8 Å². The number of nitrogens with zero attached hydrogens (tertiary/aromatic N) is 1. The monoisotopic (exact) mass is 253 g/mol. The summed E-state index contributed by atoms with van der Waals surface area (Å²) < 4.78 is 19.1. The van der Waals surface area contributed by atoms with Crippen molar-refractivity contribution in [2.24, 2.45) is 0 Å². The van der Waals surface area contributed by atoms with Crippen LogP contribution in [0.3, 0.4) is 0 Å². The molecule has 0 N–H and O–H groups in total. The fourth-order valence-electron chi connectivity index (χ4n) is 1.55. The van der Waals surface area contributed by atoms with Crippen LogP contribution in [-0.2, 0) is 4.74 Å². The zero-order chi connectivity index (χ0) is 13.7. The number of halogens is 1. The van der Waals surface area contributed by atoms with E-state index in [-0.39, 0.29) is 17.6 Å². The molecule has 4 heteroatoms. The van der Waals surface area contributed by atoms with Crippen molar-refractivity contribution in [3.63, 3.8) is 0 Å². The summed E-state index contributed by atoms with van der Waals surface area (Å²) in [6, 6.07) is 4.84. The molecule has 0 saturated carbocycles. The number of hydrogen-bond acceptors (Lipinski definition) is 2. The summed E-state index contributed by atoms with van der Waals surface area (Å²) >= 11 is 0. The molecule has 0 heterocycles. The summed E-state index contributed by atoms with van der Waals surface area (Å²) in [5.74, 6) is -0.761. The first-order chi connectivity index (χ1) is 8.43. The summed E-state index contributed by atoms with van der Waals surface area (Å²) in [7, 11) is 1.65. The van der Waals surface area contributed by atoms with Crippen molar-refractivity contribution >= 4 is 5.91 Å². The second kappa shape index (κ2) is 6.50. The van der Waals surface area contributed by atoms with Crippen molar-refractivity contribution in [3.05, 3.63) is 35.1 Å². The number of likely N-dealkylation sites (N-methyl/N-ethyl adjacent to an activating group) is 1. The highest BCUT2D eigenvalue weighted by atomic mass is 19.1. The van der Waals surface area contributed by atoms with Crippen LogP contribution in [0.5, 0.6) is 0 Å². The van der Waals surface area contributed by atoms with E-state index in [0.29, 0.717) is 18.7 Å². The van der Waals surface area contributed by atoms with Gasteiger partial charge in [0.25, 0.3) is 5.91 Å². The van der Waals surface area contributed by atoms with Crippen LogP contribution in [-0.4, -0.2) is 37.1 Å². The van der Waals surface area contributed by atoms with Crippen LogP contribution >= 0.6 is 0 Å². The number of carbonyl (C=O) groups is 1. The molecule has 0 aliphatic carbocycles. The van der Waals surface area contributed by atoms with Crippen molar-refractivity contribution in [1.82, 2.24) is 4.90 Å². The first-order valence-electron chi connectivity index (χ1n) is 6.05. The van der Waals surface area contributed by atoms with Crippen LogP contribution in [0.15, 0.2) is 18.2 Å². The molecule has 3 nitrogen and oxygen atoms in total. The van der Waals surface area contributed by atoms with E-state index in [1.807, 2.05) is 13.8 Å². The third-order valence-corrected chi connectivity index (χ3v) is 2.65. The van der Waals surface area contributed by atoms with E-state index < -0.39 is 5.82 Å². The SMILES string of the molecule is Cc1cccc(C(=O)N(C)CCOC(C)C)c1F. The molecule has 0 spiro atoms. The van der Waals surface area contributed by atoms with Gasteiger partial charge in [-0.3, -0.25) is 4.79 Å². The molecule has 0 fully saturated rings. The zero-order valence-electron chi connectivity index (χ0n) is 11.4. The number of amides is 1. The van der Waals surface area contributed by atoms with Crippen LogP contribution < -0.4 is 0 Å². The van der Waals surface area contributed by atoms with E-state index in [1.165, 1.54) is 11.0 Å². The smallest absolute Gasteiger partial charge is 0.256 e. The molecule has 1 aromatic rings. The van der Waals surface area contributed by atoms with Crippen molar-refractivity contribution in [2.75, 3.05) is 20.2 Å². The minimum absolute atomic E-state index is 0.113. The number of benzene rings is 1. The third kappa shape index (κ3) is 3.81. The van der Waals surface area contributed by atoms with Crippen LogP contribution in [0.25, 0.3) is 0 Å². The lowest BCUT2D eigenvalue weighted by atomic mass is 10.1. The maximum absolute atomic E-state index is 13.8. The number of carbonyl (C=O) groups excluding carboxylic acids is 1. The molecule has 0 aliphatic heterocycles. The second-order valence-corrected chi connectivity index (χ2v) is 4.58. The number of aryl methyl sites for hydroxylation is 1. The van der Waals surface area contributed by atoms with Crippen molar-refractivity contribution in [2.45, 2.75) is 26.9 Å². The molecule has 0 unspecified atom stereocenters. The lowest BCUT2D eigenvalue weighted by molar-refractivity contribution is 0.0529. The first-order valence-corrected chi connectivity index (χ1v) is 6.05. The fourth-order valence-corrected chi connectivity index (χ4v) is 1.55. The minimum atomic E-state index is -0.445. The maximum atomic E-state index is 13.8. The van der Waals surface area contributed by atoms with Crippen molar-refractivity contribution < 1.29 is 13.9 Å². The number of rotatable bonds is 5. The molecule has 0 radical (unpaired) electrons. The minimum Gasteiger partial charge on any atom is -0.377 e. The molecule has 100 valence electrons. The predicted molar refractivity (Wildman–Crippen MR) is 69.2 cm³/mol. The third-order valence-electron chi connectivity index (χ3n) is 2.65. The Hall–Kier alpha value is -1.42. The highest BCUT2D eigenvalue weighted by Gasteiger charge is 2.16. The average molecular weight is 253 g/mol. The number of ether oxygens (including phenoxy) is 1. The van der Waals surface area contributed by atoms with Gasteiger partial charge in [-0.05, 0) is 32.4 Å². The van der Waals surface area contributed by atoms with E-state index >= 15 is 0 Å². The van der Waals surface area contributed by atoms with Gasteiger partial charge in [0.05, 0.1) is 18.3 Å². The van der Waals surface area contributed by atoms with Gasteiger partial charge in [0.2, 0.25) is 0 Å². The van der Waals surface area contributed by atoms with E-state index in [0.717, 1.165) is 0 Å². The highest BCUT2D eigenvalue weighted by Crippen LogP contribution is 2.13. The lowest BCUT2D eigenvalue weighted by Crippen LogP contribution is -2.31. The summed E-state index contributed by atoms with van der Waals surface area (Å²) in [4.78, 5) is 13.5. The summed E-state index contributed by atoms with van der Waals surface area (Å²) in [6.07, 6.45) is 0.129. The summed E-state index contributed by atoms with van der Waals surface area (Å²) in [5.41, 5.74) is 0.592. The first kappa shape index (κ1) is 14.6. The highest BCUT2D eigenvalue weighted by molar-refractivity contribution is 5.94. The maximum Gasteiger partial charge on any atom is 0.256 e. The van der Waals surface area contributed by atoms with Gasteiger partial charge in [0.1, 0.15) is 5.82 Å². The molecule has 0 aromatic heterocycles. The standard InChI is InChI=1S/C14H20FNO2/c1-10(2)18-9-8-16(4)14(17)12-7-5-6-11(3)13(12)15/h5-7,10H,8-9H2,1-4H3. The Kier molecular flexibility index (Phi) is 5.28. The van der Waals surface area contributed by atoms with E-state index in [4.69, 9.17) is 4.74 Å². The molecular weight excluding hydrogens is 233 g/mol. The van der Waals surface area contributed by atoms with Crippen molar-refractivity contribution in [3.8, 4) is 0 Å². The van der Waals surface area contributed by atoms with Gasteiger partial charge < -0.3 is 9.64 Å². The van der Waals surface area contributed by atoms with Crippen molar-refractivity contribution in [1.29, 1.82) is 0 Å². The van der Waals surface area contributed by atoms with Gasteiger partial charge in [0.15, 0.2) is 0 Å². The molecule has 1 amide bonds. The zero-order valence-corrected chi connectivity index (χ0v) is 11.4. The van der Waals surface area contributed by atoms with Gasteiger partial charge in [-0.1, -0.05) is 12.1 Å². The molecule has 0 aliphatic rings. The molecule has 0 saturated heterocycles. The van der Waals surface area contributed by atoms with Crippen LogP contribution in [0.4, 0.5) is 4.39 Å². The van der Waals surface area contributed by atoms with Gasteiger partial charge in [-0.2, -0.15) is 0 Å². The quantitative estimate of drug-likeness (QED) is 0.807. The van der Waals surface area contributed by atoms with Crippen LogP contribution in [0, 0.1) is 12.7 Å². The van der Waals surface area contributed by atoms with Gasteiger partial charge >= 0.3 is 0 Å². The van der Waals surface area contributed by atoms with Gasteiger partial charge in [0, 0.05) is 13.6 Å². The second-order valence-electron chi connectivity index (χ2n) is 4.58. The largest absolute Gasteiger partial charge is 0.377 e. The Morgan fingerprint density at radius 2 is 2.11 bits per heavy atom. The Morgan fingerprint density at radius 1 is 1.44 bits per heavy atom. The lowest BCUT2D eigenvalue weighted by Gasteiger charge is -2.18. The van der Waals surface area contributed by atoms with Gasteiger partial charge in [-0.25, -0.2) is 4.39 Å². The molecule has 1 aromatic carbocycles. The molecule has 18 heavy (non-hydrogen) atoms. The van der Waals surface area contributed by atoms with Crippen LogP contribution in [0.2, 0.25) is 0 Å². The molecule has 0 bridgehead atoms. The Balaban J connectivity index is 2.66. The molecular formula is C14H20FNO2. The Labute approximate surface area is 108 Å². The van der Waals surface area contributed by atoms with E-state index in [1.54, 1.807) is 26.1 Å². The molecule has 1 rings (SSSR count). The normalized spacial score (nSPS) is 10.8. The predicted octanol–water partition coefficient (Wildman–Crippen LogP) is 2.63. The molecule has 0 atom stereocenters. The summed E-state index contributed by atoms with van der Waals surface area (Å²) in [5, 5.41) is 0. The van der Waals surface area contributed by atoms with E-state index in [2.05, 4.69) is 0 Å². The average Bonchev–Trinajstić information content (AvgIpc) is 2.31. The topological polar surface area (TPSA) is 29.5 Å². The Morgan fingerprint density at radius 3 is 2.72 bits per heavy atom. The number of hydrogen-bond donors (Lipinski definition) is 0. The van der Waals surface area contributed by atoms with Gasteiger partial charge in [-0.15, -0.1) is 0 Å². The summed E-state index contributed by atoms with van der Waals surface area (Å²) in [6.45, 7) is 6.41. The Bertz CT molecular complexity index is 418. The van der Waals surface area contributed by atoms with E-state index in [9.17, 15) is 9.18 Å².